The Bertz CT molecular complexity index is 702. The molecule has 0 bridgehead atoms. The lowest BCUT2D eigenvalue weighted by molar-refractivity contribution is 0.358. The van der Waals surface area contributed by atoms with E-state index in [-0.39, 0.29) is 0 Å². The Balaban J connectivity index is 1.95. The first-order chi connectivity index (χ1) is 8.92. The van der Waals surface area contributed by atoms with Gasteiger partial charge in [-0.05, 0) is 17.7 Å². The molecule has 0 amide bonds. The summed E-state index contributed by atoms with van der Waals surface area (Å²) < 4.78 is 6.85. The van der Waals surface area contributed by atoms with Crippen LogP contribution in [0.5, 0.6) is 5.75 Å². The molecule has 2 aromatic heterocycles. The normalized spacial score (nSPS) is 13.6. The number of hydrogen-bond acceptors (Lipinski definition) is 4. The standard InChI is InChI=1S/C14H10N2OS/c1-2-9-5-7-17-13(9)10(3-1)14-16-11-4-6-15-8-12(11)18-14/h1-4,6,8H,5,7H2. The highest BCUT2D eigenvalue weighted by atomic mass is 32.1. The maximum atomic E-state index is 5.73. The van der Waals surface area contributed by atoms with E-state index in [1.807, 2.05) is 12.3 Å². The number of rotatable bonds is 1. The first-order valence-corrected chi connectivity index (χ1v) is 6.69. The number of pyridine rings is 1. The highest BCUT2D eigenvalue weighted by Gasteiger charge is 2.19. The second kappa shape index (κ2) is 3.78. The van der Waals surface area contributed by atoms with Gasteiger partial charge in [0, 0.05) is 18.8 Å². The molecule has 3 aromatic rings. The van der Waals surface area contributed by atoms with Gasteiger partial charge in [0.15, 0.2) is 0 Å². The summed E-state index contributed by atoms with van der Waals surface area (Å²) in [6.07, 6.45) is 4.63. The number of nitrogens with zero attached hydrogens (tertiary/aromatic N) is 2. The number of hydrogen-bond donors (Lipinski definition) is 0. The van der Waals surface area contributed by atoms with Crippen LogP contribution in [0.15, 0.2) is 36.7 Å². The van der Waals surface area contributed by atoms with E-state index in [4.69, 9.17) is 4.74 Å². The van der Waals surface area contributed by atoms with E-state index in [1.165, 1.54) is 5.56 Å². The third-order valence-electron chi connectivity index (χ3n) is 3.14. The molecule has 3 heterocycles. The lowest BCUT2D eigenvalue weighted by atomic mass is 10.1. The summed E-state index contributed by atoms with van der Waals surface area (Å²) in [6, 6.07) is 8.22. The third kappa shape index (κ3) is 1.42. The van der Waals surface area contributed by atoms with Crippen molar-refractivity contribution in [2.45, 2.75) is 6.42 Å². The van der Waals surface area contributed by atoms with E-state index in [0.29, 0.717) is 0 Å². The second-order valence-corrected chi connectivity index (χ2v) is 5.29. The lowest BCUT2D eigenvalue weighted by Crippen LogP contribution is -1.88. The van der Waals surface area contributed by atoms with Crippen LogP contribution in [0.1, 0.15) is 5.56 Å². The quantitative estimate of drug-likeness (QED) is 0.668. The van der Waals surface area contributed by atoms with Crippen molar-refractivity contribution in [1.29, 1.82) is 0 Å². The molecule has 1 aromatic carbocycles. The van der Waals surface area contributed by atoms with Crippen LogP contribution in [0.25, 0.3) is 20.8 Å². The number of para-hydroxylation sites is 1. The molecule has 4 heteroatoms. The SMILES string of the molecule is c1cc2c(c(-c3nc4ccncc4s3)c1)OCC2. The average molecular weight is 254 g/mol. The number of fused-ring (bicyclic) bond motifs is 2. The summed E-state index contributed by atoms with van der Waals surface area (Å²) >= 11 is 1.66. The molecular formula is C14H10N2OS. The van der Waals surface area contributed by atoms with E-state index in [9.17, 15) is 0 Å². The molecule has 4 rings (SSSR count). The van der Waals surface area contributed by atoms with E-state index in [0.717, 1.165) is 39.6 Å². The van der Waals surface area contributed by atoms with Gasteiger partial charge in [-0.3, -0.25) is 4.98 Å². The zero-order chi connectivity index (χ0) is 11.9. The Morgan fingerprint density at radius 1 is 1.22 bits per heavy atom. The largest absolute Gasteiger partial charge is 0.492 e. The predicted octanol–water partition coefficient (Wildman–Crippen LogP) is 3.29. The minimum Gasteiger partial charge on any atom is -0.492 e. The van der Waals surface area contributed by atoms with Crippen molar-refractivity contribution >= 4 is 21.6 Å². The molecule has 0 atom stereocenters. The molecule has 0 spiro atoms. The van der Waals surface area contributed by atoms with Gasteiger partial charge in [-0.25, -0.2) is 4.98 Å². The smallest absolute Gasteiger partial charge is 0.132 e. The average Bonchev–Trinajstić information content (AvgIpc) is 3.04. The Labute approximate surface area is 108 Å². The number of thiazole rings is 1. The fraction of sp³-hybridized carbons (Fsp3) is 0.143. The van der Waals surface area contributed by atoms with Gasteiger partial charge in [-0.15, -0.1) is 11.3 Å². The monoisotopic (exact) mass is 254 g/mol. The first kappa shape index (κ1) is 10.0. The van der Waals surface area contributed by atoms with Crippen molar-refractivity contribution < 1.29 is 4.74 Å². The fourth-order valence-electron chi connectivity index (χ4n) is 2.28. The molecule has 0 unspecified atom stereocenters. The van der Waals surface area contributed by atoms with E-state index < -0.39 is 0 Å². The molecule has 3 nitrogen and oxygen atoms in total. The van der Waals surface area contributed by atoms with Crippen LogP contribution in [0.2, 0.25) is 0 Å². The Kier molecular flexibility index (Phi) is 2.11. The minimum atomic E-state index is 0.777. The molecule has 0 N–H and O–H groups in total. The highest BCUT2D eigenvalue weighted by Crippen LogP contribution is 2.39. The minimum absolute atomic E-state index is 0.777. The summed E-state index contributed by atoms with van der Waals surface area (Å²) in [6.45, 7) is 0.777. The summed E-state index contributed by atoms with van der Waals surface area (Å²) in [4.78, 5) is 8.79. The zero-order valence-corrected chi connectivity index (χ0v) is 10.4. The van der Waals surface area contributed by atoms with Gasteiger partial charge in [0.2, 0.25) is 0 Å². The molecule has 88 valence electrons. The molecule has 1 aliphatic heterocycles. The predicted molar refractivity (Wildman–Crippen MR) is 72.1 cm³/mol. The highest BCUT2D eigenvalue weighted by molar-refractivity contribution is 7.21. The molecule has 1 aliphatic rings. The number of benzene rings is 1. The summed E-state index contributed by atoms with van der Waals surface area (Å²) in [7, 11) is 0. The van der Waals surface area contributed by atoms with Crippen molar-refractivity contribution in [3.8, 4) is 16.3 Å². The summed E-state index contributed by atoms with van der Waals surface area (Å²) in [5.74, 6) is 1.00. The Morgan fingerprint density at radius 2 is 2.22 bits per heavy atom. The van der Waals surface area contributed by atoms with Crippen LogP contribution in [0.4, 0.5) is 0 Å². The van der Waals surface area contributed by atoms with Crippen LogP contribution in [-0.2, 0) is 6.42 Å². The van der Waals surface area contributed by atoms with E-state index in [2.05, 4.69) is 28.2 Å². The number of ether oxygens (including phenoxy) is 1. The van der Waals surface area contributed by atoms with Crippen molar-refractivity contribution in [3.63, 3.8) is 0 Å². The summed E-state index contributed by atoms with van der Waals surface area (Å²) in [5, 5.41) is 1.01. The molecule has 18 heavy (non-hydrogen) atoms. The van der Waals surface area contributed by atoms with Crippen LogP contribution < -0.4 is 4.74 Å². The Hall–Kier alpha value is -1.94. The molecule has 0 saturated heterocycles. The van der Waals surface area contributed by atoms with Gasteiger partial charge in [0.05, 0.1) is 22.4 Å². The van der Waals surface area contributed by atoms with Gasteiger partial charge in [-0.1, -0.05) is 12.1 Å². The van der Waals surface area contributed by atoms with Gasteiger partial charge < -0.3 is 4.74 Å². The van der Waals surface area contributed by atoms with Gasteiger partial charge in [-0.2, -0.15) is 0 Å². The Morgan fingerprint density at radius 3 is 3.17 bits per heavy atom. The van der Waals surface area contributed by atoms with Crippen molar-refractivity contribution in [1.82, 2.24) is 9.97 Å². The molecular weight excluding hydrogens is 244 g/mol. The lowest BCUT2D eigenvalue weighted by Gasteiger charge is -2.04. The number of aromatic nitrogens is 2. The fourth-order valence-corrected chi connectivity index (χ4v) is 3.23. The third-order valence-corrected chi connectivity index (χ3v) is 4.18. The zero-order valence-electron chi connectivity index (χ0n) is 9.59. The first-order valence-electron chi connectivity index (χ1n) is 5.87. The topological polar surface area (TPSA) is 35.0 Å². The van der Waals surface area contributed by atoms with Gasteiger partial charge in [0.1, 0.15) is 10.8 Å². The molecule has 0 fully saturated rings. The van der Waals surface area contributed by atoms with Crippen LogP contribution in [-0.4, -0.2) is 16.6 Å². The summed E-state index contributed by atoms with van der Waals surface area (Å²) in [5.41, 5.74) is 3.39. The van der Waals surface area contributed by atoms with Crippen LogP contribution >= 0.6 is 11.3 Å². The van der Waals surface area contributed by atoms with Gasteiger partial charge in [0.25, 0.3) is 0 Å². The van der Waals surface area contributed by atoms with Crippen molar-refractivity contribution in [2.75, 3.05) is 6.61 Å². The van der Waals surface area contributed by atoms with Crippen molar-refractivity contribution in [2.24, 2.45) is 0 Å². The maximum absolute atomic E-state index is 5.73. The molecule has 0 aliphatic carbocycles. The van der Waals surface area contributed by atoms with E-state index >= 15 is 0 Å². The molecule has 0 radical (unpaired) electrons. The maximum Gasteiger partial charge on any atom is 0.132 e. The van der Waals surface area contributed by atoms with E-state index in [1.54, 1.807) is 17.5 Å². The molecule has 0 saturated carbocycles. The van der Waals surface area contributed by atoms with Gasteiger partial charge >= 0.3 is 0 Å². The van der Waals surface area contributed by atoms with Crippen molar-refractivity contribution in [3.05, 3.63) is 42.2 Å². The van der Waals surface area contributed by atoms with Crippen LogP contribution in [0.3, 0.4) is 0 Å². The van der Waals surface area contributed by atoms with Crippen LogP contribution in [0, 0.1) is 0 Å². The second-order valence-electron chi connectivity index (χ2n) is 4.25.